The maximum Gasteiger partial charge on any atom is 0.311 e. The number of carbonyl (C=O) groups excluding carboxylic acids is 1. The average molecular weight is 356 g/mol. The van der Waals surface area contributed by atoms with Crippen molar-refractivity contribution in [3.05, 3.63) is 52.9 Å². The van der Waals surface area contributed by atoms with Crippen molar-refractivity contribution in [2.24, 2.45) is 5.41 Å². The molecule has 0 aliphatic carbocycles. The molecular weight excluding hydrogens is 332 g/mol. The number of nitrogens with zero attached hydrogens (tertiary/aromatic N) is 2. The first kappa shape index (κ1) is 18.2. The number of amides is 1. The van der Waals surface area contributed by atoms with Crippen LogP contribution in [-0.4, -0.2) is 40.1 Å². The van der Waals surface area contributed by atoms with Crippen molar-refractivity contribution in [1.82, 2.24) is 10.1 Å². The van der Waals surface area contributed by atoms with Gasteiger partial charge in [-0.25, -0.2) is 0 Å². The lowest BCUT2D eigenvalue weighted by molar-refractivity contribution is -0.151. The Hall–Kier alpha value is -2.63. The number of likely N-dealkylation sites (tertiary alicyclic amines) is 1. The maximum atomic E-state index is 13.1. The second kappa shape index (κ2) is 7.32. The summed E-state index contributed by atoms with van der Waals surface area (Å²) in [6.45, 7) is 4.39. The van der Waals surface area contributed by atoms with Gasteiger partial charge in [0, 0.05) is 13.1 Å². The smallest absolute Gasteiger partial charge is 0.311 e. The molecule has 138 valence electrons. The number of carbonyl (C=O) groups is 2. The monoisotopic (exact) mass is 356 g/mol. The molecule has 0 spiro atoms. The normalized spacial score (nSPS) is 20.2. The van der Waals surface area contributed by atoms with E-state index in [1.165, 1.54) is 0 Å². The summed E-state index contributed by atoms with van der Waals surface area (Å²) in [5.74, 6) is -0.544. The molecule has 2 aromatic rings. The van der Waals surface area contributed by atoms with Gasteiger partial charge in [0.05, 0.1) is 11.1 Å². The number of benzene rings is 1. The molecule has 0 radical (unpaired) electrons. The number of aryl methyl sites for hydroxylation is 2. The Morgan fingerprint density at radius 3 is 2.69 bits per heavy atom. The van der Waals surface area contributed by atoms with Gasteiger partial charge in [0.1, 0.15) is 11.3 Å². The second-order valence-electron chi connectivity index (χ2n) is 6.99. The standard InChI is InChI=1S/C20H24N2O4/c1-3-16-17(14(2)26-21-16)18(23)22-11-7-10-20(13-22,19(24)25)12-15-8-5-4-6-9-15/h4-6,8-9H,3,7,10-13H2,1-2H3,(H,24,25)/t20-/m1/s1. The Labute approximate surface area is 152 Å². The van der Waals surface area contributed by atoms with Crippen LogP contribution in [0.15, 0.2) is 34.9 Å². The zero-order chi connectivity index (χ0) is 18.7. The molecule has 2 heterocycles. The minimum atomic E-state index is -0.966. The molecule has 6 nitrogen and oxygen atoms in total. The maximum absolute atomic E-state index is 13.1. The quantitative estimate of drug-likeness (QED) is 0.890. The highest BCUT2D eigenvalue weighted by Gasteiger charge is 2.44. The van der Waals surface area contributed by atoms with E-state index in [2.05, 4.69) is 5.16 Å². The van der Waals surface area contributed by atoms with Gasteiger partial charge in [0.2, 0.25) is 0 Å². The van der Waals surface area contributed by atoms with E-state index >= 15 is 0 Å². The summed E-state index contributed by atoms with van der Waals surface area (Å²) in [6, 6.07) is 9.60. The lowest BCUT2D eigenvalue weighted by atomic mass is 9.75. The molecule has 1 aliphatic rings. The van der Waals surface area contributed by atoms with Gasteiger partial charge in [-0.05, 0) is 38.2 Å². The number of rotatable bonds is 5. The number of piperidine rings is 1. The molecule has 1 aromatic carbocycles. The van der Waals surface area contributed by atoms with Crippen molar-refractivity contribution in [3.63, 3.8) is 0 Å². The molecule has 1 amide bonds. The molecule has 1 aromatic heterocycles. The first-order valence-electron chi connectivity index (χ1n) is 8.98. The summed E-state index contributed by atoms with van der Waals surface area (Å²) in [7, 11) is 0. The zero-order valence-corrected chi connectivity index (χ0v) is 15.2. The highest BCUT2D eigenvalue weighted by molar-refractivity contribution is 5.96. The molecule has 1 aliphatic heterocycles. The Morgan fingerprint density at radius 1 is 1.31 bits per heavy atom. The fourth-order valence-electron chi connectivity index (χ4n) is 3.78. The molecule has 1 saturated heterocycles. The summed E-state index contributed by atoms with van der Waals surface area (Å²) < 4.78 is 5.18. The van der Waals surface area contributed by atoms with Gasteiger partial charge in [0.15, 0.2) is 0 Å². The van der Waals surface area contributed by atoms with Crippen LogP contribution >= 0.6 is 0 Å². The summed E-state index contributed by atoms with van der Waals surface area (Å²) in [4.78, 5) is 26.9. The van der Waals surface area contributed by atoms with Crippen molar-refractivity contribution in [2.75, 3.05) is 13.1 Å². The van der Waals surface area contributed by atoms with Crippen LogP contribution in [0, 0.1) is 12.3 Å². The van der Waals surface area contributed by atoms with Crippen molar-refractivity contribution >= 4 is 11.9 Å². The topological polar surface area (TPSA) is 83.6 Å². The SMILES string of the molecule is CCc1noc(C)c1C(=O)N1CCC[C@](Cc2ccccc2)(C(=O)O)C1. The third kappa shape index (κ3) is 3.36. The predicted octanol–water partition coefficient (Wildman–Crippen LogP) is 3.10. The minimum absolute atomic E-state index is 0.181. The molecular formula is C20H24N2O4. The minimum Gasteiger partial charge on any atom is -0.481 e. The number of hydrogen-bond acceptors (Lipinski definition) is 4. The number of hydrogen-bond donors (Lipinski definition) is 1. The number of carboxylic acid groups (broad SMARTS) is 1. The summed E-state index contributed by atoms with van der Waals surface area (Å²) >= 11 is 0. The number of aromatic nitrogens is 1. The van der Waals surface area contributed by atoms with E-state index in [0.29, 0.717) is 49.2 Å². The van der Waals surface area contributed by atoms with Crippen LogP contribution in [0.25, 0.3) is 0 Å². The predicted molar refractivity (Wildman–Crippen MR) is 96.0 cm³/mol. The lowest BCUT2D eigenvalue weighted by Gasteiger charge is -2.40. The van der Waals surface area contributed by atoms with Crippen LogP contribution in [0.1, 0.15) is 47.1 Å². The third-order valence-corrected chi connectivity index (χ3v) is 5.19. The Morgan fingerprint density at radius 2 is 2.04 bits per heavy atom. The van der Waals surface area contributed by atoms with Gasteiger partial charge in [-0.3, -0.25) is 9.59 Å². The Balaban J connectivity index is 1.87. The largest absolute Gasteiger partial charge is 0.481 e. The van der Waals surface area contributed by atoms with Gasteiger partial charge in [-0.2, -0.15) is 0 Å². The summed E-state index contributed by atoms with van der Waals surface area (Å²) in [5.41, 5.74) is 1.11. The first-order valence-corrected chi connectivity index (χ1v) is 8.98. The van der Waals surface area contributed by atoms with Crippen LogP contribution in [0.5, 0.6) is 0 Å². The fourth-order valence-corrected chi connectivity index (χ4v) is 3.78. The summed E-state index contributed by atoms with van der Waals surface area (Å²) in [5, 5.41) is 13.9. The van der Waals surface area contributed by atoms with Crippen LogP contribution in [0.2, 0.25) is 0 Å². The van der Waals surface area contributed by atoms with Crippen LogP contribution in [0.4, 0.5) is 0 Å². The molecule has 1 N–H and O–H groups in total. The molecule has 6 heteroatoms. The van der Waals surface area contributed by atoms with E-state index < -0.39 is 11.4 Å². The molecule has 0 unspecified atom stereocenters. The lowest BCUT2D eigenvalue weighted by Crippen LogP contribution is -2.51. The molecule has 1 atom stereocenters. The van der Waals surface area contributed by atoms with Gasteiger partial charge in [-0.15, -0.1) is 0 Å². The van der Waals surface area contributed by atoms with Crippen molar-refractivity contribution < 1.29 is 19.2 Å². The zero-order valence-electron chi connectivity index (χ0n) is 15.2. The average Bonchev–Trinajstić information content (AvgIpc) is 3.02. The first-order chi connectivity index (χ1) is 12.5. The van der Waals surface area contributed by atoms with Gasteiger partial charge in [-0.1, -0.05) is 42.4 Å². The van der Waals surface area contributed by atoms with Gasteiger partial charge >= 0.3 is 5.97 Å². The van der Waals surface area contributed by atoms with Crippen molar-refractivity contribution in [2.45, 2.75) is 39.5 Å². The third-order valence-electron chi connectivity index (χ3n) is 5.19. The Bertz CT molecular complexity index is 799. The molecule has 1 fully saturated rings. The number of aliphatic carboxylic acids is 1. The molecule has 26 heavy (non-hydrogen) atoms. The fraction of sp³-hybridized carbons (Fsp3) is 0.450. The Kier molecular flexibility index (Phi) is 5.11. The molecule has 0 saturated carbocycles. The van der Waals surface area contributed by atoms with Crippen LogP contribution in [0.3, 0.4) is 0 Å². The van der Waals surface area contributed by atoms with Crippen molar-refractivity contribution in [3.8, 4) is 0 Å². The van der Waals surface area contributed by atoms with E-state index in [1.54, 1.807) is 11.8 Å². The number of carboxylic acids is 1. The van der Waals surface area contributed by atoms with Gasteiger partial charge in [0.25, 0.3) is 5.91 Å². The molecule has 0 bridgehead atoms. The highest BCUT2D eigenvalue weighted by atomic mass is 16.5. The van der Waals surface area contributed by atoms with E-state index in [9.17, 15) is 14.7 Å². The van der Waals surface area contributed by atoms with E-state index in [0.717, 1.165) is 5.56 Å². The van der Waals surface area contributed by atoms with Crippen molar-refractivity contribution in [1.29, 1.82) is 0 Å². The summed E-state index contributed by atoms with van der Waals surface area (Å²) in [6.07, 6.45) is 2.23. The van der Waals surface area contributed by atoms with Gasteiger partial charge < -0.3 is 14.5 Å². The molecule has 3 rings (SSSR count). The highest BCUT2D eigenvalue weighted by Crippen LogP contribution is 2.35. The van der Waals surface area contributed by atoms with E-state index in [-0.39, 0.29) is 12.5 Å². The van der Waals surface area contributed by atoms with Crippen LogP contribution < -0.4 is 0 Å². The van der Waals surface area contributed by atoms with E-state index in [1.807, 2.05) is 37.3 Å². The van der Waals surface area contributed by atoms with Crippen LogP contribution in [-0.2, 0) is 17.6 Å². The van der Waals surface area contributed by atoms with E-state index in [4.69, 9.17) is 4.52 Å². The second-order valence-corrected chi connectivity index (χ2v) is 6.99.